The molecule has 0 radical (unpaired) electrons. The number of rotatable bonds is 7. The van der Waals surface area contributed by atoms with Crippen molar-refractivity contribution < 1.29 is 27.8 Å². The maximum absolute atomic E-state index is 15.6. The van der Waals surface area contributed by atoms with E-state index in [2.05, 4.69) is 4.98 Å². The van der Waals surface area contributed by atoms with Gasteiger partial charge < -0.3 is 9.47 Å². The molecule has 1 aromatic heterocycles. The highest BCUT2D eigenvalue weighted by atomic mass is 35.5. The summed E-state index contributed by atoms with van der Waals surface area (Å²) in [6, 6.07) is 16.8. The van der Waals surface area contributed by atoms with Crippen LogP contribution in [0.4, 0.5) is 13.6 Å². The summed E-state index contributed by atoms with van der Waals surface area (Å²) in [5.74, 6) is -2.02. The monoisotopic (exact) mass is 599 g/mol. The molecule has 1 unspecified atom stereocenters. The molecule has 1 fully saturated rings. The number of esters is 1. The number of ether oxygens (including phenoxy) is 2. The van der Waals surface area contributed by atoms with E-state index >= 15 is 4.39 Å². The fourth-order valence-electron chi connectivity index (χ4n) is 4.88. The number of aromatic nitrogens is 2. The minimum Gasteiger partial charge on any atom is -0.461 e. The van der Waals surface area contributed by atoms with Crippen molar-refractivity contribution in [3.63, 3.8) is 0 Å². The summed E-state index contributed by atoms with van der Waals surface area (Å²) in [6.45, 7) is 2.11. The van der Waals surface area contributed by atoms with Gasteiger partial charge in [-0.3, -0.25) is 9.47 Å². The van der Waals surface area contributed by atoms with Gasteiger partial charge in [-0.25, -0.2) is 23.4 Å². The summed E-state index contributed by atoms with van der Waals surface area (Å²) < 4.78 is 42.1. The average Bonchev–Trinajstić information content (AvgIpc) is 3.61. The van der Waals surface area contributed by atoms with Gasteiger partial charge in [0.1, 0.15) is 18.2 Å². The first-order chi connectivity index (χ1) is 19.8. The summed E-state index contributed by atoms with van der Waals surface area (Å²) in [5.41, 5.74) is 1.06. The Morgan fingerprint density at radius 1 is 1.00 bits per heavy atom. The highest BCUT2D eigenvalue weighted by molar-refractivity contribution is 6.31. The molecule has 11 heteroatoms. The smallest absolute Gasteiger partial charge is 0.410 e. The molecule has 1 amide bonds. The van der Waals surface area contributed by atoms with Gasteiger partial charge in [0, 0.05) is 12.1 Å². The average molecular weight is 600 g/mol. The minimum atomic E-state index is -0.776. The number of likely N-dealkylation sites (tertiary alicyclic amines) is 1. The van der Waals surface area contributed by atoms with Crippen LogP contribution in [0.2, 0.25) is 10.0 Å². The van der Waals surface area contributed by atoms with Gasteiger partial charge >= 0.3 is 12.1 Å². The quantitative estimate of drug-likeness (QED) is 0.203. The molecule has 0 N–H and O–H groups in total. The fourth-order valence-corrected chi connectivity index (χ4v) is 5.23. The van der Waals surface area contributed by atoms with Crippen LogP contribution < -0.4 is 0 Å². The molecule has 0 bridgehead atoms. The van der Waals surface area contributed by atoms with E-state index in [4.69, 9.17) is 32.7 Å². The summed E-state index contributed by atoms with van der Waals surface area (Å²) in [6.07, 6.45) is 0.495. The molecule has 212 valence electrons. The lowest BCUT2D eigenvalue weighted by Crippen LogP contribution is -2.32. The van der Waals surface area contributed by atoms with Crippen LogP contribution in [0.25, 0.3) is 16.9 Å². The molecule has 2 heterocycles. The minimum absolute atomic E-state index is 0.0181. The lowest BCUT2D eigenvalue weighted by molar-refractivity contribution is 0.0520. The zero-order valence-corrected chi connectivity index (χ0v) is 23.5. The molecule has 1 atom stereocenters. The predicted octanol–water partition coefficient (Wildman–Crippen LogP) is 7.77. The SMILES string of the molecule is CCOC(=O)c1nc(C2CCCN2C(=O)OCc2ccccc2)n(-c2cccc(Cl)c2F)c1-c1ccc(F)c(Cl)c1. The van der Waals surface area contributed by atoms with Gasteiger partial charge in [-0.05, 0) is 55.7 Å². The molecule has 4 aromatic rings. The molecule has 0 saturated carbocycles. The number of halogens is 4. The molecule has 0 aliphatic carbocycles. The van der Waals surface area contributed by atoms with Gasteiger partial charge in [0.25, 0.3) is 0 Å². The number of hydrogen-bond donors (Lipinski definition) is 0. The molecule has 7 nitrogen and oxygen atoms in total. The van der Waals surface area contributed by atoms with Crippen molar-refractivity contribution >= 4 is 35.3 Å². The van der Waals surface area contributed by atoms with Gasteiger partial charge in [0.15, 0.2) is 11.5 Å². The van der Waals surface area contributed by atoms with Gasteiger partial charge in [-0.2, -0.15) is 0 Å². The Hall–Kier alpha value is -3.95. The molecule has 1 aliphatic heterocycles. The number of amides is 1. The van der Waals surface area contributed by atoms with Crippen LogP contribution in [-0.2, 0) is 16.1 Å². The molecule has 3 aromatic carbocycles. The molecule has 0 spiro atoms. The van der Waals surface area contributed by atoms with Gasteiger partial charge in [0.05, 0.1) is 34.1 Å². The van der Waals surface area contributed by atoms with Crippen LogP contribution in [0.1, 0.15) is 47.7 Å². The van der Waals surface area contributed by atoms with Gasteiger partial charge in [-0.15, -0.1) is 0 Å². The lowest BCUT2D eigenvalue weighted by Gasteiger charge is -2.25. The van der Waals surface area contributed by atoms with Gasteiger partial charge in [-0.1, -0.05) is 59.6 Å². The van der Waals surface area contributed by atoms with Crippen molar-refractivity contribution in [3.05, 3.63) is 105 Å². The number of carbonyl (C=O) groups excluding carboxylic acids is 2. The molecule has 1 saturated heterocycles. The number of benzene rings is 3. The van der Waals surface area contributed by atoms with E-state index in [-0.39, 0.29) is 51.7 Å². The third-order valence-electron chi connectivity index (χ3n) is 6.73. The fraction of sp³-hybridized carbons (Fsp3) is 0.233. The summed E-state index contributed by atoms with van der Waals surface area (Å²) >= 11 is 12.3. The van der Waals surface area contributed by atoms with Crippen molar-refractivity contribution in [1.82, 2.24) is 14.5 Å². The number of nitrogens with zero attached hydrogens (tertiary/aromatic N) is 3. The van der Waals surface area contributed by atoms with Crippen molar-refractivity contribution in [2.75, 3.05) is 13.2 Å². The summed E-state index contributed by atoms with van der Waals surface area (Å²) in [4.78, 5) is 32.6. The van der Waals surface area contributed by atoms with Crippen molar-refractivity contribution in [2.24, 2.45) is 0 Å². The van der Waals surface area contributed by atoms with E-state index in [0.717, 1.165) is 11.6 Å². The second kappa shape index (κ2) is 12.3. The second-order valence-electron chi connectivity index (χ2n) is 9.32. The summed E-state index contributed by atoms with van der Waals surface area (Å²) in [5, 5.41) is -0.362. The van der Waals surface area contributed by atoms with E-state index in [0.29, 0.717) is 19.4 Å². The first-order valence-electron chi connectivity index (χ1n) is 13.0. The molecule has 5 rings (SSSR count). The third-order valence-corrected chi connectivity index (χ3v) is 7.31. The standard InChI is InChI=1S/C30H25Cl2F2N3O4/c1-2-40-29(38)26-27(19-13-14-22(33)21(32)16-19)37(23-11-6-10-20(31)25(23)34)28(35-26)24-12-7-15-36(24)30(39)41-17-18-8-4-3-5-9-18/h3-6,8-11,13-14,16,24H,2,7,12,15,17H2,1H3. The zero-order valence-electron chi connectivity index (χ0n) is 22.0. The van der Waals surface area contributed by atoms with Crippen LogP contribution in [0, 0.1) is 11.6 Å². The molecular weight excluding hydrogens is 575 g/mol. The number of carbonyl (C=O) groups is 2. The maximum Gasteiger partial charge on any atom is 0.410 e. The normalized spacial score (nSPS) is 14.8. The van der Waals surface area contributed by atoms with E-state index in [1.807, 2.05) is 30.3 Å². The predicted molar refractivity (Wildman–Crippen MR) is 150 cm³/mol. The maximum atomic E-state index is 15.6. The van der Waals surface area contributed by atoms with E-state index in [9.17, 15) is 14.0 Å². The lowest BCUT2D eigenvalue weighted by atomic mass is 10.1. The number of hydrogen-bond acceptors (Lipinski definition) is 5. The Balaban J connectivity index is 1.67. The topological polar surface area (TPSA) is 73.7 Å². The van der Waals surface area contributed by atoms with E-state index in [1.165, 1.54) is 33.7 Å². The summed E-state index contributed by atoms with van der Waals surface area (Å²) in [7, 11) is 0. The van der Waals surface area contributed by atoms with Crippen LogP contribution in [0.3, 0.4) is 0 Å². The molecule has 1 aliphatic rings. The Labute approximate surface area is 245 Å². The Kier molecular flexibility index (Phi) is 8.56. The third kappa shape index (κ3) is 5.78. The first-order valence-corrected chi connectivity index (χ1v) is 13.7. The highest BCUT2D eigenvalue weighted by Gasteiger charge is 2.38. The van der Waals surface area contributed by atoms with Crippen LogP contribution >= 0.6 is 23.2 Å². The van der Waals surface area contributed by atoms with Crippen molar-refractivity contribution in [3.8, 4) is 16.9 Å². The van der Waals surface area contributed by atoms with Crippen molar-refractivity contribution in [2.45, 2.75) is 32.4 Å². The highest BCUT2D eigenvalue weighted by Crippen LogP contribution is 2.40. The van der Waals surface area contributed by atoms with E-state index in [1.54, 1.807) is 13.0 Å². The molecule has 41 heavy (non-hydrogen) atoms. The number of imidazole rings is 1. The van der Waals surface area contributed by atoms with E-state index < -0.39 is 29.7 Å². The van der Waals surface area contributed by atoms with Crippen LogP contribution in [0.15, 0.2) is 66.7 Å². The Bertz CT molecular complexity index is 1600. The van der Waals surface area contributed by atoms with Crippen LogP contribution in [-0.4, -0.2) is 39.7 Å². The van der Waals surface area contributed by atoms with Crippen LogP contribution in [0.5, 0.6) is 0 Å². The molecular formula is C30H25Cl2F2N3O4. The largest absolute Gasteiger partial charge is 0.461 e. The Morgan fingerprint density at radius 2 is 1.78 bits per heavy atom. The first kappa shape index (κ1) is 28.6. The van der Waals surface area contributed by atoms with Gasteiger partial charge in [0.2, 0.25) is 0 Å². The second-order valence-corrected chi connectivity index (χ2v) is 10.1. The van der Waals surface area contributed by atoms with Crippen molar-refractivity contribution in [1.29, 1.82) is 0 Å². The zero-order chi connectivity index (χ0) is 29.1. The Morgan fingerprint density at radius 3 is 2.51 bits per heavy atom.